The van der Waals surface area contributed by atoms with E-state index in [4.69, 9.17) is 5.11 Å². The maximum atomic E-state index is 11.8. The number of aromatic amines is 2. The molecule has 2 heterocycles. The van der Waals surface area contributed by atoms with Gasteiger partial charge in [-0.2, -0.15) is 5.10 Å². The van der Waals surface area contributed by atoms with Gasteiger partial charge in [-0.3, -0.25) is 9.59 Å². The standard InChI is InChI=1S/C11H10N4O4/c1-5-9(11(18)19)7(4-12-5)13-10(17)6-2-3-8(16)15-14-6/h2-4,12H,1H3,(H,13,17)(H,15,16)(H,18,19). The second kappa shape index (κ2) is 4.77. The summed E-state index contributed by atoms with van der Waals surface area (Å²) in [5.74, 6) is -1.76. The minimum Gasteiger partial charge on any atom is -0.478 e. The first-order chi connectivity index (χ1) is 8.99. The van der Waals surface area contributed by atoms with Crippen LogP contribution < -0.4 is 10.9 Å². The van der Waals surface area contributed by atoms with Crippen molar-refractivity contribution in [1.82, 2.24) is 15.2 Å². The first-order valence-corrected chi connectivity index (χ1v) is 5.27. The zero-order valence-corrected chi connectivity index (χ0v) is 9.85. The lowest BCUT2D eigenvalue weighted by Gasteiger charge is -2.03. The maximum Gasteiger partial charge on any atom is 0.339 e. The first kappa shape index (κ1) is 12.6. The van der Waals surface area contributed by atoms with Crippen LogP contribution in [0.25, 0.3) is 0 Å². The minimum absolute atomic E-state index is 0.0159. The topological polar surface area (TPSA) is 128 Å². The molecule has 0 atom stereocenters. The highest BCUT2D eigenvalue weighted by Gasteiger charge is 2.18. The van der Waals surface area contributed by atoms with Crippen LogP contribution >= 0.6 is 0 Å². The van der Waals surface area contributed by atoms with Crippen LogP contribution in [0.5, 0.6) is 0 Å². The molecule has 4 N–H and O–H groups in total. The van der Waals surface area contributed by atoms with Crippen LogP contribution in [0.3, 0.4) is 0 Å². The SMILES string of the molecule is Cc1[nH]cc(NC(=O)c2ccc(=O)[nH]n2)c1C(=O)O. The number of carboxylic acids is 1. The molecule has 0 saturated heterocycles. The lowest BCUT2D eigenvalue weighted by molar-refractivity contribution is 0.0697. The van der Waals surface area contributed by atoms with Crippen molar-refractivity contribution in [3.05, 3.63) is 45.6 Å². The summed E-state index contributed by atoms with van der Waals surface area (Å²) in [5.41, 5.74) is 0.105. The fourth-order valence-corrected chi connectivity index (χ4v) is 1.56. The molecule has 98 valence electrons. The Kier molecular flexibility index (Phi) is 3.15. The summed E-state index contributed by atoms with van der Waals surface area (Å²) in [6.45, 7) is 1.58. The van der Waals surface area contributed by atoms with Gasteiger partial charge in [-0.05, 0) is 13.0 Å². The molecule has 0 aliphatic rings. The molecule has 0 radical (unpaired) electrons. The van der Waals surface area contributed by atoms with Crippen molar-refractivity contribution >= 4 is 17.6 Å². The molecule has 0 aliphatic heterocycles. The van der Waals surface area contributed by atoms with Crippen LogP contribution in [0.4, 0.5) is 5.69 Å². The molecule has 0 saturated carbocycles. The summed E-state index contributed by atoms with van der Waals surface area (Å²) in [5, 5.41) is 17.1. The lowest BCUT2D eigenvalue weighted by atomic mass is 10.2. The normalized spacial score (nSPS) is 10.2. The second-order valence-corrected chi connectivity index (χ2v) is 3.77. The van der Waals surface area contributed by atoms with E-state index in [2.05, 4.69) is 20.5 Å². The van der Waals surface area contributed by atoms with Gasteiger partial charge in [0.1, 0.15) is 11.3 Å². The molecule has 2 rings (SSSR count). The van der Waals surface area contributed by atoms with Crippen molar-refractivity contribution in [3.8, 4) is 0 Å². The maximum absolute atomic E-state index is 11.8. The van der Waals surface area contributed by atoms with E-state index in [9.17, 15) is 14.4 Å². The highest BCUT2D eigenvalue weighted by Crippen LogP contribution is 2.19. The van der Waals surface area contributed by atoms with Crippen molar-refractivity contribution in [2.45, 2.75) is 6.92 Å². The second-order valence-electron chi connectivity index (χ2n) is 3.77. The van der Waals surface area contributed by atoms with Gasteiger partial charge in [-0.15, -0.1) is 0 Å². The molecular weight excluding hydrogens is 252 g/mol. The van der Waals surface area contributed by atoms with E-state index in [0.29, 0.717) is 5.69 Å². The van der Waals surface area contributed by atoms with E-state index in [1.807, 2.05) is 0 Å². The molecule has 0 bridgehead atoms. The molecule has 19 heavy (non-hydrogen) atoms. The molecule has 0 unspecified atom stereocenters. The molecule has 2 aromatic heterocycles. The van der Waals surface area contributed by atoms with Crippen LogP contribution in [-0.2, 0) is 0 Å². The van der Waals surface area contributed by atoms with Gasteiger partial charge in [0, 0.05) is 18.0 Å². The van der Waals surface area contributed by atoms with E-state index in [1.54, 1.807) is 6.92 Å². The summed E-state index contributed by atoms with van der Waals surface area (Å²) in [6.07, 6.45) is 1.38. The predicted octanol–water partition coefficient (Wildman–Crippen LogP) is 0.357. The van der Waals surface area contributed by atoms with Gasteiger partial charge in [0.2, 0.25) is 0 Å². The zero-order valence-electron chi connectivity index (χ0n) is 9.85. The van der Waals surface area contributed by atoms with Crippen LogP contribution in [0.15, 0.2) is 23.1 Å². The number of aromatic nitrogens is 3. The number of rotatable bonds is 3. The number of hydrogen-bond acceptors (Lipinski definition) is 4. The van der Waals surface area contributed by atoms with Crippen molar-refractivity contribution in [3.63, 3.8) is 0 Å². The molecular formula is C11H10N4O4. The van der Waals surface area contributed by atoms with Gasteiger partial charge >= 0.3 is 5.97 Å². The Balaban J connectivity index is 2.27. The van der Waals surface area contributed by atoms with E-state index in [-0.39, 0.29) is 16.9 Å². The molecule has 2 aromatic rings. The summed E-state index contributed by atoms with van der Waals surface area (Å²) >= 11 is 0. The molecule has 8 nitrogen and oxygen atoms in total. The molecule has 1 amide bonds. The average molecular weight is 262 g/mol. The third-order valence-electron chi connectivity index (χ3n) is 2.45. The van der Waals surface area contributed by atoms with Crippen molar-refractivity contribution in [2.75, 3.05) is 5.32 Å². The molecule has 0 aliphatic carbocycles. The van der Waals surface area contributed by atoms with E-state index < -0.39 is 17.4 Å². The van der Waals surface area contributed by atoms with Gasteiger partial charge < -0.3 is 15.4 Å². The number of carbonyl (C=O) groups is 2. The van der Waals surface area contributed by atoms with Crippen molar-refractivity contribution in [2.24, 2.45) is 0 Å². The number of anilines is 1. The third kappa shape index (κ3) is 2.51. The molecule has 0 spiro atoms. The van der Waals surface area contributed by atoms with E-state index in [1.165, 1.54) is 12.3 Å². The minimum atomic E-state index is -1.15. The largest absolute Gasteiger partial charge is 0.478 e. The Morgan fingerprint density at radius 3 is 2.68 bits per heavy atom. The van der Waals surface area contributed by atoms with Crippen LogP contribution in [0.1, 0.15) is 26.5 Å². The van der Waals surface area contributed by atoms with E-state index >= 15 is 0 Å². The summed E-state index contributed by atoms with van der Waals surface area (Å²) in [7, 11) is 0. The summed E-state index contributed by atoms with van der Waals surface area (Å²) in [4.78, 5) is 36.4. The number of nitrogens with zero attached hydrogens (tertiary/aromatic N) is 1. The van der Waals surface area contributed by atoms with Crippen molar-refractivity contribution < 1.29 is 14.7 Å². The van der Waals surface area contributed by atoms with Gasteiger partial charge in [-0.1, -0.05) is 0 Å². The number of nitrogens with one attached hydrogen (secondary N) is 3. The van der Waals surface area contributed by atoms with Gasteiger partial charge in [0.05, 0.1) is 5.69 Å². The summed E-state index contributed by atoms with van der Waals surface area (Å²) < 4.78 is 0. The average Bonchev–Trinajstić information content (AvgIpc) is 2.71. The summed E-state index contributed by atoms with van der Waals surface area (Å²) in [6, 6.07) is 2.40. The Labute approximate surface area is 106 Å². The number of aryl methyl sites for hydroxylation is 1. The molecule has 0 aromatic carbocycles. The van der Waals surface area contributed by atoms with Crippen LogP contribution in [-0.4, -0.2) is 32.2 Å². The smallest absolute Gasteiger partial charge is 0.339 e. The molecule has 0 fully saturated rings. The Morgan fingerprint density at radius 1 is 1.37 bits per heavy atom. The van der Waals surface area contributed by atoms with E-state index in [0.717, 1.165) is 6.07 Å². The quantitative estimate of drug-likeness (QED) is 0.634. The fourth-order valence-electron chi connectivity index (χ4n) is 1.56. The number of amides is 1. The van der Waals surface area contributed by atoms with Crippen LogP contribution in [0, 0.1) is 6.92 Å². The fraction of sp³-hybridized carbons (Fsp3) is 0.0909. The Morgan fingerprint density at radius 2 is 2.11 bits per heavy atom. The Hall–Kier alpha value is -2.90. The number of hydrogen-bond donors (Lipinski definition) is 4. The zero-order chi connectivity index (χ0) is 14.0. The van der Waals surface area contributed by atoms with Gasteiger partial charge in [-0.25, -0.2) is 9.89 Å². The third-order valence-corrected chi connectivity index (χ3v) is 2.45. The lowest BCUT2D eigenvalue weighted by Crippen LogP contribution is -2.18. The van der Waals surface area contributed by atoms with Crippen molar-refractivity contribution in [1.29, 1.82) is 0 Å². The first-order valence-electron chi connectivity index (χ1n) is 5.27. The molecule has 8 heteroatoms. The predicted molar refractivity (Wildman–Crippen MR) is 65.3 cm³/mol. The Bertz CT molecular complexity index is 680. The number of aromatic carboxylic acids is 1. The number of carbonyl (C=O) groups excluding carboxylic acids is 1. The highest BCUT2D eigenvalue weighted by atomic mass is 16.4. The van der Waals surface area contributed by atoms with Gasteiger partial charge in [0.25, 0.3) is 11.5 Å². The van der Waals surface area contributed by atoms with Gasteiger partial charge in [0.15, 0.2) is 0 Å². The number of carboxylic acid groups (broad SMARTS) is 1. The monoisotopic (exact) mass is 262 g/mol. The number of H-pyrrole nitrogens is 2. The highest BCUT2D eigenvalue weighted by molar-refractivity contribution is 6.07. The van der Waals surface area contributed by atoms with Crippen LogP contribution in [0.2, 0.25) is 0 Å².